The Morgan fingerprint density at radius 3 is 2.75 bits per heavy atom. The van der Waals surface area contributed by atoms with Crippen LogP contribution in [0.3, 0.4) is 0 Å². The third kappa shape index (κ3) is 3.63. The molecule has 5 heteroatoms. The monoisotopic (exact) mass is 278 g/mol. The minimum absolute atomic E-state index is 0.000544. The Morgan fingerprint density at radius 1 is 1.40 bits per heavy atom. The molecule has 20 heavy (non-hydrogen) atoms. The molecule has 1 fully saturated rings. The Balaban J connectivity index is 1.95. The SMILES string of the molecule is COc1cc(CCN)ccc1OCC(=O)N(C)C1CC1. The van der Waals surface area contributed by atoms with E-state index in [1.807, 2.05) is 25.2 Å². The molecule has 0 radical (unpaired) electrons. The molecular weight excluding hydrogens is 256 g/mol. The number of likely N-dealkylation sites (N-methyl/N-ethyl adjacent to an activating group) is 1. The van der Waals surface area contributed by atoms with Gasteiger partial charge in [-0.2, -0.15) is 0 Å². The van der Waals surface area contributed by atoms with Crippen LogP contribution in [-0.4, -0.2) is 44.2 Å². The van der Waals surface area contributed by atoms with Gasteiger partial charge in [0.05, 0.1) is 7.11 Å². The van der Waals surface area contributed by atoms with Crippen LogP contribution >= 0.6 is 0 Å². The van der Waals surface area contributed by atoms with Crippen LogP contribution in [0.2, 0.25) is 0 Å². The second-order valence-electron chi connectivity index (χ2n) is 5.05. The molecule has 2 N–H and O–H groups in total. The standard InChI is InChI=1S/C15H22N2O3/c1-17(12-4-5-12)15(18)10-20-13-6-3-11(7-8-16)9-14(13)19-2/h3,6,9,12H,4-5,7-8,10,16H2,1-2H3. The molecule has 0 atom stereocenters. The van der Waals surface area contributed by atoms with Crippen molar-refractivity contribution < 1.29 is 14.3 Å². The van der Waals surface area contributed by atoms with Gasteiger partial charge in [-0.3, -0.25) is 4.79 Å². The van der Waals surface area contributed by atoms with Crippen molar-refractivity contribution in [2.24, 2.45) is 5.73 Å². The van der Waals surface area contributed by atoms with Crippen molar-refractivity contribution in [2.75, 3.05) is 27.3 Å². The number of hydrogen-bond donors (Lipinski definition) is 1. The van der Waals surface area contributed by atoms with Crippen molar-refractivity contribution in [3.8, 4) is 11.5 Å². The van der Waals surface area contributed by atoms with Crippen molar-refractivity contribution >= 4 is 5.91 Å². The van der Waals surface area contributed by atoms with Gasteiger partial charge in [0.15, 0.2) is 18.1 Å². The average molecular weight is 278 g/mol. The zero-order valence-corrected chi connectivity index (χ0v) is 12.1. The van der Waals surface area contributed by atoms with Gasteiger partial charge < -0.3 is 20.1 Å². The van der Waals surface area contributed by atoms with E-state index < -0.39 is 0 Å². The van der Waals surface area contributed by atoms with E-state index in [0.29, 0.717) is 24.1 Å². The molecule has 0 spiro atoms. The molecule has 0 bridgehead atoms. The summed E-state index contributed by atoms with van der Waals surface area (Å²) < 4.78 is 10.9. The maximum Gasteiger partial charge on any atom is 0.260 e. The van der Waals surface area contributed by atoms with Crippen LogP contribution < -0.4 is 15.2 Å². The number of nitrogens with two attached hydrogens (primary N) is 1. The number of amides is 1. The summed E-state index contributed by atoms with van der Waals surface area (Å²) in [6.45, 7) is 0.633. The van der Waals surface area contributed by atoms with Gasteiger partial charge >= 0.3 is 0 Å². The average Bonchev–Trinajstić information content (AvgIpc) is 3.29. The molecule has 0 aromatic heterocycles. The zero-order chi connectivity index (χ0) is 14.5. The van der Waals surface area contributed by atoms with Crippen LogP contribution in [0.15, 0.2) is 18.2 Å². The molecule has 0 unspecified atom stereocenters. The lowest BCUT2D eigenvalue weighted by Gasteiger charge is -2.17. The molecule has 1 aliphatic carbocycles. The quantitative estimate of drug-likeness (QED) is 0.814. The minimum Gasteiger partial charge on any atom is -0.493 e. The maximum absolute atomic E-state index is 11.9. The third-order valence-corrected chi connectivity index (χ3v) is 3.50. The van der Waals surface area contributed by atoms with Crippen LogP contribution in [0, 0.1) is 0 Å². The number of nitrogens with zero attached hydrogens (tertiary/aromatic N) is 1. The summed E-state index contributed by atoms with van der Waals surface area (Å²) in [5, 5.41) is 0. The van der Waals surface area contributed by atoms with E-state index in [0.717, 1.165) is 24.8 Å². The Kier molecular flexibility index (Phi) is 4.84. The summed E-state index contributed by atoms with van der Waals surface area (Å²) in [6.07, 6.45) is 2.98. The zero-order valence-electron chi connectivity index (χ0n) is 12.1. The largest absolute Gasteiger partial charge is 0.493 e. The molecular formula is C15H22N2O3. The fourth-order valence-corrected chi connectivity index (χ4v) is 2.06. The summed E-state index contributed by atoms with van der Waals surface area (Å²) in [5.41, 5.74) is 6.63. The number of methoxy groups -OCH3 is 1. The van der Waals surface area contributed by atoms with Crippen molar-refractivity contribution in [3.05, 3.63) is 23.8 Å². The summed E-state index contributed by atoms with van der Waals surface area (Å²) in [7, 11) is 3.41. The molecule has 0 heterocycles. The van der Waals surface area contributed by atoms with Gasteiger partial charge in [-0.05, 0) is 43.5 Å². The lowest BCUT2D eigenvalue weighted by atomic mass is 10.1. The highest BCUT2D eigenvalue weighted by Gasteiger charge is 2.29. The van der Waals surface area contributed by atoms with Gasteiger partial charge in [-0.1, -0.05) is 6.07 Å². The smallest absolute Gasteiger partial charge is 0.260 e. The number of hydrogen-bond acceptors (Lipinski definition) is 4. The molecule has 1 aliphatic rings. The highest BCUT2D eigenvalue weighted by molar-refractivity contribution is 5.78. The van der Waals surface area contributed by atoms with Gasteiger partial charge in [-0.25, -0.2) is 0 Å². The minimum atomic E-state index is 0.000544. The van der Waals surface area contributed by atoms with Crippen LogP contribution in [0.4, 0.5) is 0 Å². The topological polar surface area (TPSA) is 64.8 Å². The lowest BCUT2D eigenvalue weighted by Crippen LogP contribution is -2.33. The predicted molar refractivity (Wildman–Crippen MR) is 77.0 cm³/mol. The van der Waals surface area contributed by atoms with E-state index in [1.54, 1.807) is 12.0 Å². The molecule has 0 aliphatic heterocycles. The lowest BCUT2D eigenvalue weighted by molar-refractivity contribution is -0.132. The van der Waals surface area contributed by atoms with E-state index in [1.165, 1.54) is 0 Å². The molecule has 110 valence electrons. The van der Waals surface area contributed by atoms with Crippen molar-refractivity contribution in [2.45, 2.75) is 25.3 Å². The molecule has 2 rings (SSSR count). The Morgan fingerprint density at radius 2 is 2.15 bits per heavy atom. The number of carbonyl (C=O) groups excluding carboxylic acids is 1. The van der Waals surface area contributed by atoms with E-state index in [9.17, 15) is 4.79 Å². The van der Waals surface area contributed by atoms with Gasteiger partial charge in [0, 0.05) is 13.1 Å². The van der Waals surface area contributed by atoms with Crippen molar-refractivity contribution in [1.82, 2.24) is 4.90 Å². The van der Waals surface area contributed by atoms with E-state index in [2.05, 4.69) is 0 Å². The number of carbonyl (C=O) groups is 1. The van der Waals surface area contributed by atoms with Gasteiger partial charge in [0.1, 0.15) is 0 Å². The van der Waals surface area contributed by atoms with E-state index in [-0.39, 0.29) is 12.5 Å². The van der Waals surface area contributed by atoms with Gasteiger partial charge in [0.2, 0.25) is 0 Å². The Hall–Kier alpha value is -1.75. The first-order valence-electron chi connectivity index (χ1n) is 6.91. The second kappa shape index (κ2) is 6.61. The Labute approximate surface area is 119 Å². The summed E-state index contributed by atoms with van der Waals surface area (Å²) in [6, 6.07) is 6.07. The first kappa shape index (κ1) is 14.7. The second-order valence-corrected chi connectivity index (χ2v) is 5.05. The summed E-state index contributed by atoms with van der Waals surface area (Å²) >= 11 is 0. The molecule has 1 amide bonds. The maximum atomic E-state index is 11.9. The van der Waals surface area contributed by atoms with Gasteiger partial charge in [-0.15, -0.1) is 0 Å². The third-order valence-electron chi connectivity index (χ3n) is 3.50. The van der Waals surface area contributed by atoms with Crippen LogP contribution in [0.25, 0.3) is 0 Å². The molecule has 5 nitrogen and oxygen atoms in total. The first-order chi connectivity index (χ1) is 9.65. The predicted octanol–water partition coefficient (Wildman–Crippen LogP) is 1.20. The number of ether oxygens (including phenoxy) is 2. The van der Waals surface area contributed by atoms with Gasteiger partial charge in [0.25, 0.3) is 5.91 Å². The fraction of sp³-hybridized carbons (Fsp3) is 0.533. The highest BCUT2D eigenvalue weighted by atomic mass is 16.5. The van der Waals surface area contributed by atoms with Crippen LogP contribution in [0.5, 0.6) is 11.5 Å². The summed E-state index contributed by atoms with van der Waals surface area (Å²) in [4.78, 5) is 13.7. The molecule has 1 aromatic carbocycles. The Bertz CT molecular complexity index is 472. The van der Waals surface area contributed by atoms with Crippen molar-refractivity contribution in [3.63, 3.8) is 0 Å². The fourth-order valence-electron chi connectivity index (χ4n) is 2.06. The van der Waals surface area contributed by atoms with E-state index in [4.69, 9.17) is 15.2 Å². The number of rotatable bonds is 7. The summed E-state index contributed by atoms with van der Waals surface area (Å²) in [5.74, 6) is 1.23. The van der Waals surface area contributed by atoms with Crippen LogP contribution in [-0.2, 0) is 11.2 Å². The van der Waals surface area contributed by atoms with Crippen molar-refractivity contribution in [1.29, 1.82) is 0 Å². The number of benzene rings is 1. The first-order valence-corrected chi connectivity index (χ1v) is 6.91. The molecule has 0 saturated heterocycles. The van der Waals surface area contributed by atoms with Crippen LogP contribution in [0.1, 0.15) is 18.4 Å². The molecule has 1 saturated carbocycles. The molecule has 1 aromatic rings. The van der Waals surface area contributed by atoms with E-state index >= 15 is 0 Å². The normalized spacial score (nSPS) is 13.9. The highest BCUT2D eigenvalue weighted by Crippen LogP contribution is 2.29.